The van der Waals surface area contributed by atoms with Gasteiger partial charge in [-0.05, 0) is 29.3 Å². The molecule has 0 spiro atoms. The smallest absolute Gasteiger partial charge is 0.254 e. The highest BCUT2D eigenvalue weighted by atomic mass is 16.7. The van der Waals surface area contributed by atoms with Crippen molar-refractivity contribution in [3.63, 3.8) is 0 Å². The van der Waals surface area contributed by atoms with Gasteiger partial charge in [0, 0.05) is 24.7 Å². The van der Waals surface area contributed by atoms with E-state index in [9.17, 15) is 9.59 Å². The molecule has 34 heavy (non-hydrogen) atoms. The molecule has 4 aromatic rings. The number of carbonyl (C=O) groups excluding carboxylic acids is 1. The summed E-state index contributed by atoms with van der Waals surface area (Å²) in [5.41, 5.74) is 3.01. The number of fused-ring (bicyclic) bond motifs is 1. The Morgan fingerprint density at radius 1 is 0.853 bits per heavy atom. The van der Waals surface area contributed by atoms with E-state index >= 15 is 0 Å². The number of nitrogens with zero attached hydrogens (tertiary/aromatic N) is 3. The van der Waals surface area contributed by atoms with Crippen molar-refractivity contribution in [1.29, 1.82) is 0 Å². The van der Waals surface area contributed by atoms with E-state index in [1.54, 1.807) is 17.0 Å². The summed E-state index contributed by atoms with van der Waals surface area (Å²) >= 11 is 0. The fourth-order valence-electron chi connectivity index (χ4n) is 3.84. The molecule has 1 amide bonds. The maximum Gasteiger partial charge on any atom is 0.254 e. The van der Waals surface area contributed by atoms with Crippen LogP contribution in [-0.2, 0) is 24.4 Å². The van der Waals surface area contributed by atoms with Gasteiger partial charge in [-0.1, -0.05) is 60.7 Å². The van der Waals surface area contributed by atoms with Crippen LogP contribution in [0.4, 0.5) is 0 Å². The van der Waals surface area contributed by atoms with Crippen LogP contribution in [-0.4, -0.2) is 27.2 Å². The van der Waals surface area contributed by atoms with Crippen LogP contribution in [0.1, 0.15) is 11.1 Å². The van der Waals surface area contributed by atoms with Crippen LogP contribution >= 0.6 is 0 Å². The Kier molecular flexibility index (Phi) is 6.07. The van der Waals surface area contributed by atoms with Gasteiger partial charge in [0.25, 0.3) is 5.56 Å². The molecule has 7 heteroatoms. The third-order valence-electron chi connectivity index (χ3n) is 5.64. The summed E-state index contributed by atoms with van der Waals surface area (Å²) in [7, 11) is 0. The number of hydrogen-bond acceptors (Lipinski definition) is 5. The van der Waals surface area contributed by atoms with Gasteiger partial charge in [0.1, 0.15) is 6.54 Å². The van der Waals surface area contributed by atoms with Gasteiger partial charge in [-0.15, -0.1) is 0 Å². The van der Waals surface area contributed by atoms with E-state index in [4.69, 9.17) is 9.47 Å². The Hall–Kier alpha value is -4.39. The van der Waals surface area contributed by atoms with E-state index in [1.165, 1.54) is 17.0 Å². The fourth-order valence-corrected chi connectivity index (χ4v) is 3.84. The molecule has 0 fully saturated rings. The molecule has 7 nitrogen and oxygen atoms in total. The quantitative estimate of drug-likeness (QED) is 0.425. The lowest BCUT2D eigenvalue weighted by molar-refractivity contribution is -0.133. The van der Waals surface area contributed by atoms with Gasteiger partial charge >= 0.3 is 0 Å². The van der Waals surface area contributed by atoms with E-state index in [0.29, 0.717) is 30.3 Å². The van der Waals surface area contributed by atoms with E-state index in [-0.39, 0.29) is 24.8 Å². The molecule has 0 N–H and O–H groups in total. The van der Waals surface area contributed by atoms with Crippen molar-refractivity contribution in [3.05, 3.63) is 113 Å². The molecule has 1 aliphatic rings. The standard InChI is InChI=1S/C27H23N3O4/c31-26-14-23(22-11-12-24-25(13-22)34-19-33-24)28-18-30(26)17-27(32)29(15-20-7-3-1-4-8-20)16-21-9-5-2-6-10-21/h1-14,18H,15-17,19H2. The summed E-state index contributed by atoms with van der Waals surface area (Å²) < 4.78 is 12.1. The van der Waals surface area contributed by atoms with Crippen molar-refractivity contribution in [1.82, 2.24) is 14.5 Å². The molecular weight excluding hydrogens is 430 g/mol. The average molecular weight is 453 g/mol. The van der Waals surface area contributed by atoms with Crippen molar-refractivity contribution in [2.75, 3.05) is 6.79 Å². The molecule has 0 bridgehead atoms. The van der Waals surface area contributed by atoms with Gasteiger partial charge in [0.15, 0.2) is 11.5 Å². The van der Waals surface area contributed by atoms with Gasteiger partial charge < -0.3 is 14.4 Å². The lowest BCUT2D eigenvalue weighted by Crippen LogP contribution is -2.35. The van der Waals surface area contributed by atoms with Gasteiger partial charge in [0.2, 0.25) is 12.7 Å². The van der Waals surface area contributed by atoms with E-state index in [0.717, 1.165) is 16.7 Å². The van der Waals surface area contributed by atoms with Crippen LogP contribution in [0.2, 0.25) is 0 Å². The zero-order chi connectivity index (χ0) is 23.3. The second kappa shape index (κ2) is 9.62. The van der Waals surface area contributed by atoms with Gasteiger partial charge in [-0.2, -0.15) is 0 Å². The second-order valence-corrected chi connectivity index (χ2v) is 8.03. The molecule has 3 aromatic carbocycles. The number of hydrogen-bond donors (Lipinski definition) is 0. The van der Waals surface area contributed by atoms with Crippen molar-refractivity contribution in [2.24, 2.45) is 0 Å². The summed E-state index contributed by atoms with van der Waals surface area (Å²) in [5, 5.41) is 0. The number of amides is 1. The van der Waals surface area contributed by atoms with E-state index < -0.39 is 0 Å². The number of carbonyl (C=O) groups is 1. The highest BCUT2D eigenvalue weighted by Crippen LogP contribution is 2.35. The molecule has 1 aliphatic heterocycles. The third-order valence-corrected chi connectivity index (χ3v) is 5.64. The minimum atomic E-state index is -0.296. The van der Waals surface area contributed by atoms with Crippen LogP contribution < -0.4 is 15.0 Å². The number of benzene rings is 3. The Balaban J connectivity index is 1.35. The van der Waals surface area contributed by atoms with Crippen molar-refractivity contribution in [3.8, 4) is 22.8 Å². The van der Waals surface area contributed by atoms with Crippen LogP contribution in [0.5, 0.6) is 11.5 Å². The normalized spacial score (nSPS) is 11.9. The van der Waals surface area contributed by atoms with Crippen LogP contribution in [0.3, 0.4) is 0 Å². The molecule has 5 rings (SSSR count). The van der Waals surface area contributed by atoms with Crippen molar-refractivity contribution >= 4 is 5.91 Å². The number of aromatic nitrogens is 2. The summed E-state index contributed by atoms with van der Waals surface area (Å²) in [4.78, 5) is 32.2. The van der Waals surface area contributed by atoms with Gasteiger partial charge in [0.05, 0.1) is 12.0 Å². The minimum absolute atomic E-state index is 0.0904. The minimum Gasteiger partial charge on any atom is -0.454 e. The van der Waals surface area contributed by atoms with Gasteiger partial charge in [-0.25, -0.2) is 4.98 Å². The molecule has 2 heterocycles. The SMILES string of the molecule is O=C(Cn1cnc(-c2ccc3c(c2)OCO3)cc1=O)N(Cc1ccccc1)Cc1ccccc1. The maximum absolute atomic E-state index is 13.3. The molecule has 170 valence electrons. The summed E-state index contributed by atoms with van der Waals surface area (Å²) in [6, 6.07) is 26.5. The molecule has 0 saturated heterocycles. The topological polar surface area (TPSA) is 73.7 Å². The van der Waals surface area contributed by atoms with E-state index in [2.05, 4.69) is 4.98 Å². The zero-order valence-electron chi connectivity index (χ0n) is 18.5. The second-order valence-electron chi connectivity index (χ2n) is 8.03. The molecule has 0 radical (unpaired) electrons. The number of ether oxygens (including phenoxy) is 2. The molecule has 0 saturated carbocycles. The first-order valence-electron chi connectivity index (χ1n) is 11.0. The molecule has 0 aliphatic carbocycles. The first kappa shape index (κ1) is 21.5. The zero-order valence-corrected chi connectivity index (χ0v) is 18.5. The highest BCUT2D eigenvalue weighted by molar-refractivity contribution is 5.76. The Morgan fingerprint density at radius 2 is 1.50 bits per heavy atom. The van der Waals surface area contributed by atoms with Crippen molar-refractivity contribution in [2.45, 2.75) is 19.6 Å². The van der Waals surface area contributed by atoms with Crippen molar-refractivity contribution < 1.29 is 14.3 Å². The monoisotopic (exact) mass is 453 g/mol. The Labute approximate surface area is 196 Å². The van der Waals surface area contributed by atoms with Gasteiger partial charge in [-0.3, -0.25) is 14.2 Å². The Morgan fingerprint density at radius 3 is 2.15 bits per heavy atom. The summed E-state index contributed by atoms with van der Waals surface area (Å²) in [6.45, 7) is 0.989. The first-order chi connectivity index (χ1) is 16.7. The van der Waals surface area contributed by atoms with E-state index in [1.807, 2.05) is 66.7 Å². The first-order valence-corrected chi connectivity index (χ1v) is 11.0. The number of rotatable bonds is 7. The average Bonchev–Trinajstić information content (AvgIpc) is 3.34. The lowest BCUT2D eigenvalue weighted by Gasteiger charge is -2.23. The molecule has 1 aromatic heterocycles. The fraction of sp³-hybridized carbons (Fsp3) is 0.148. The maximum atomic E-state index is 13.3. The summed E-state index contributed by atoms with van der Waals surface area (Å²) in [5.74, 6) is 1.13. The Bertz CT molecular complexity index is 1310. The molecule has 0 unspecified atom stereocenters. The van der Waals surface area contributed by atoms with Crippen LogP contribution in [0.15, 0.2) is 96.1 Å². The largest absolute Gasteiger partial charge is 0.454 e. The third kappa shape index (κ3) is 4.83. The highest BCUT2D eigenvalue weighted by Gasteiger charge is 2.18. The molecule has 0 atom stereocenters. The predicted molar refractivity (Wildman–Crippen MR) is 127 cm³/mol. The lowest BCUT2D eigenvalue weighted by atomic mass is 10.1. The predicted octanol–water partition coefficient (Wildman–Crippen LogP) is 3.87. The summed E-state index contributed by atoms with van der Waals surface area (Å²) in [6.07, 6.45) is 1.42. The molecular formula is C27H23N3O4. The van der Waals surface area contributed by atoms with Crippen LogP contribution in [0.25, 0.3) is 11.3 Å². The van der Waals surface area contributed by atoms with Crippen LogP contribution in [0, 0.1) is 0 Å².